The second-order valence-electron chi connectivity index (χ2n) is 6.34. The van der Waals surface area contributed by atoms with Crippen LogP contribution in [0.3, 0.4) is 0 Å². The maximum Gasteiger partial charge on any atom is 0.136 e. The van der Waals surface area contributed by atoms with Gasteiger partial charge in [0.1, 0.15) is 11.6 Å². The molecule has 2 heterocycles. The van der Waals surface area contributed by atoms with Gasteiger partial charge in [0, 0.05) is 35.0 Å². The van der Waals surface area contributed by atoms with Crippen molar-refractivity contribution in [1.29, 1.82) is 0 Å². The number of nitrogens with zero attached hydrogens (tertiary/aromatic N) is 3. The third-order valence-corrected chi connectivity index (χ3v) is 3.35. The molecule has 0 amide bonds. The lowest BCUT2D eigenvalue weighted by Crippen LogP contribution is -2.19. The summed E-state index contributed by atoms with van der Waals surface area (Å²) in [5.74, 6) is 1.76. The minimum absolute atomic E-state index is 0.0925. The van der Waals surface area contributed by atoms with Gasteiger partial charge >= 0.3 is 0 Å². The molecule has 4 nitrogen and oxygen atoms in total. The number of anilines is 1. The lowest BCUT2D eigenvalue weighted by atomic mass is 9.95. The van der Waals surface area contributed by atoms with Crippen LogP contribution in [-0.4, -0.2) is 21.5 Å². The molecule has 0 saturated heterocycles. The first-order valence-electron chi connectivity index (χ1n) is 7.39. The van der Waals surface area contributed by atoms with Crippen LogP contribution in [0.1, 0.15) is 44.8 Å². The predicted molar refractivity (Wildman–Crippen MR) is 87.6 cm³/mol. The van der Waals surface area contributed by atoms with Crippen molar-refractivity contribution in [2.24, 2.45) is 0 Å². The highest BCUT2D eigenvalue weighted by Crippen LogP contribution is 2.29. The third kappa shape index (κ3) is 3.38. The maximum absolute atomic E-state index is 4.80. The molecule has 0 unspecified atom stereocenters. The van der Waals surface area contributed by atoms with Crippen LogP contribution < -0.4 is 5.32 Å². The summed E-state index contributed by atoms with van der Waals surface area (Å²) >= 11 is 0. The molecule has 0 bridgehead atoms. The van der Waals surface area contributed by atoms with Crippen LogP contribution in [0.4, 0.5) is 5.82 Å². The van der Waals surface area contributed by atoms with E-state index in [2.05, 4.69) is 51.0 Å². The average Bonchev–Trinajstić information content (AvgIpc) is 2.41. The lowest BCUT2D eigenvalue weighted by molar-refractivity contribution is 0.546. The first-order chi connectivity index (χ1) is 9.82. The normalized spacial score (nSPS) is 11.5. The van der Waals surface area contributed by atoms with Gasteiger partial charge in [0.2, 0.25) is 0 Å². The highest BCUT2D eigenvalue weighted by atomic mass is 15.0. The van der Waals surface area contributed by atoms with E-state index in [0.717, 1.165) is 40.7 Å². The lowest BCUT2D eigenvalue weighted by Gasteiger charge is -2.21. The van der Waals surface area contributed by atoms with Gasteiger partial charge in [-0.1, -0.05) is 20.8 Å². The first kappa shape index (κ1) is 15.4. The van der Waals surface area contributed by atoms with Crippen LogP contribution >= 0.6 is 0 Å². The van der Waals surface area contributed by atoms with Crippen LogP contribution in [-0.2, 0) is 5.41 Å². The Hall–Kier alpha value is -1.97. The Morgan fingerprint density at radius 3 is 2.33 bits per heavy atom. The minimum atomic E-state index is -0.0925. The van der Waals surface area contributed by atoms with Gasteiger partial charge in [-0.3, -0.25) is 4.98 Å². The van der Waals surface area contributed by atoms with Gasteiger partial charge in [-0.2, -0.15) is 0 Å². The van der Waals surface area contributed by atoms with Gasteiger partial charge < -0.3 is 5.32 Å². The summed E-state index contributed by atoms with van der Waals surface area (Å²) < 4.78 is 0. The summed E-state index contributed by atoms with van der Waals surface area (Å²) in [6, 6.07) is 4.08. The maximum atomic E-state index is 4.80. The quantitative estimate of drug-likeness (QED) is 0.929. The zero-order valence-electron chi connectivity index (χ0n) is 13.8. The van der Waals surface area contributed by atoms with Crippen LogP contribution in [0.25, 0.3) is 11.3 Å². The van der Waals surface area contributed by atoms with Crippen LogP contribution in [0.2, 0.25) is 0 Å². The Labute approximate surface area is 127 Å². The van der Waals surface area contributed by atoms with E-state index in [1.165, 1.54) is 0 Å². The van der Waals surface area contributed by atoms with Crippen LogP contribution in [0.15, 0.2) is 18.3 Å². The fourth-order valence-electron chi connectivity index (χ4n) is 2.08. The highest BCUT2D eigenvalue weighted by molar-refractivity contribution is 5.67. The second-order valence-corrected chi connectivity index (χ2v) is 6.34. The molecule has 1 N–H and O–H groups in total. The Kier molecular flexibility index (Phi) is 4.26. The van der Waals surface area contributed by atoms with Gasteiger partial charge in [0.25, 0.3) is 0 Å². The minimum Gasteiger partial charge on any atom is -0.370 e. The van der Waals surface area contributed by atoms with Crippen molar-refractivity contribution in [2.75, 3.05) is 11.9 Å². The molecular weight excluding hydrogens is 260 g/mol. The molecule has 2 rings (SSSR count). The molecule has 0 aliphatic rings. The fourth-order valence-corrected chi connectivity index (χ4v) is 2.08. The number of hydrogen-bond acceptors (Lipinski definition) is 4. The predicted octanol–water partition coefficient (Wildman–Crippen LogP) is 3.88. The molecule has 0 saturated carbocycles. The number of hydrogen-bond donors (Lipinski definition) is 1. The smallest absolute Gasteiger partial charge is 0.136 e. The van der Waals surface area contributed by atoms with E-state index in [1.54, 1.807) is 0 Å². The molecule has 0 radical (unpaired) electrons. The highest BCUT2D eigenvalue weighted by Gasteiger charge is 2.21. The standard InChI is InChI=1S/C17H24N4/c1-7-18-15-12(3)14(13-9-8-11(2)19-10-13)20-16(21-15)17(4,5)6/h8-10H,7H2,1-6H3,(H,18,20,21). The van der Waals surface area contributed by atoms with Gasteiger partial charge in [-0.25, -0.2) is 9.97 Å². The summed E-state index contributed by atoms with van der Waals surface area (Å²) in [6.45, 7) is 13.3. The molecule has 0 atom stereocenters. The fraction of sp³-hybridized carbons (Fsp3) is 0.471. The molecule has 2 aromatic rings. The van der Waals surface area contributed by atoms with E-state index in [-0.39, 0.29) is 5.41 Å². The van der Waals surface area contributed by atoms with Gasteiger partial charge in [0.15, 0.2) is 0 Å². The van der Waals surface area contributed by atoms with Crippen molar-refractivity contribution in [3.05, 3.63) is 35.4 Å². The molecular formula is C17H24N4. The molecule has 0 aliphatic carbocycles. The van der Waals surface area contributed by atoms with E-state index in [9.17, 15) is 0 Å². The molecule has 0 aliphatic heterocycles. The molecule has 2 aromatic heterocycles. The Bertz CT molecular complexity index is 624. The van der Waals surface area contributed by atoms with E-state index in [0.29, 0.717) is 0 Å². The van der Waals surface area contributed by atoms with Crippen molar-refractivity contribution in [2.45, 2.75) is 47.0 Å². The number of rotatable bonds is 3. The zero-order valence-corrected chi connectivity index (χ0v) is 13.8. The van der Waals surface area contributed by atoms with Crippen molar-refractivity contribution in [1.82, 2.24) is 15.0 Å². The SMILES string of the molecule is CCNc1nc(C(C)(C)C)nc(-c2ccc(C)nc2)c1C. The summed E-state index contributed by atoms with van der Waals surface area (Å²) in [6.07, 6.45) is 1.88. The summed E-state index contributed by atoms with van der Waals surface area (Å²) in [7, 11) is 0. The zero-order chi connectivity index (χ0) is 15.6. The Balaban J connectivity index is 2.63. The van der Waals surface area contributed by atoms with E-state index >= 15 is 0 Å². The second kappa shape index (κ2) is 5.80. The van der Waals surface area contributed by atoms with Gasteiger partial charge in [-0.15, -0.1) is 0 Å². The van der Waals surface area contributed by atoms with Crippen LogP contribution in [0, 0.1) is 13.8 Å². The molecule has 4 heteroatoms. The van der Waals surface area contributed by atoms with Crippen molar-refractivity contribution in [3.63, 3.8) is 0 Å². The molecule has 0 spiro atoms. The topological polar surface area (TPSA) is 50.7 Å². The monoisotopic (exact) mass is 284 g/mol. The molecule has 21 heavy (non-hydrogen) atoms. The summed E-state index contributed by atoms with van der Waals surface area (Å²) in [5, 5.41) is 3.34. The Morgan fingerprint density at radius 2 is 1.81 bits per heavy atom. The van der Waals surface area contributed by atoms with E-state index in [4.69, 9.17) is 9.97 Å². The molecule has 0 fully saturated rings. The number of pyridine rings is 1. The van der Waals surface area contributed by atoms with Gasteiger partial charge in [0.05, 0.1) is 5.69 Å². The average molecular weight is 284 g/mol. The first-order valence-corrected chi connectivity index (χ1v) is 7.39. The largest absolute Gasteiger partial charge is 0.370 e. The molecule has 112 valence electrons. The van der Waals surface area contributed by atoms with Gasteiger partial charge in [-0.05, 0) is 32.9 Å². The molecule has 0 aromatic carbocycles. The van der Waals surface area contributed by atoms with E-state index in [1.807, 2.05) is 19.2 Å². The Morgan fingerprint density at radius 1 is 1.10 bits per heavy atom. The summed E-state index contributed by atoms with van der Waals surface area (Å²) in [4.78, 5) is 13.9. The number of aromatic nitrogens is 3. The van der Waals surface area contributed by atoms with Crippen molar-refractivity contribution in [3.8, 4) is 11.3 Å². The summed E-state index contributed by atoms with van der Waals surface area (Å²) in [5.41, 5.74) is 3.97. The number of nitrogens with one attached hydrogen (secondary N) is 1. The van der Waals surface area contributed by atoms with Crippen LogP contribution in [0.5, 0.6) is 0 Å². The van der Waals surface area contributed by atoms with Crippen molar-refractivity contribution < 1.29 is 0 Å². The number of aryl methyl sites for hydroxylation is 1. The van der Waals surface area contributed by atoms with E-state index < -0.39 is 0 Å². The third-order valence-electron chi connectivity index (χ3n) is 3.35. The van der Waals surface area contributed by atoms with Crippen molar-refractivity contribution >= 4 is 5.82 Å².